The summed E-state index contributed by atoms with van der Waals surface area (Å²) >= 11 is 0. The summed E-state index contributed by atoms with van der Waals surface area (Å²) in [7, 11) is -3.79. The van der Waals surface area contributed by atoms with E-state index < -0.39 is 14.8 Å². The van der Waals surface area contributed by atoms with E-state index in [4.69, 9.17) is 11.5 Å². The predicted molar refractivity (Wildman–Crippen MR) is 130 cm³/mol. The van der Waals surface area contributed by atoms with Gasteiger partial charge in [0.15, 0.2) is 0 Å². The number of hydrogen-bond donors (Lipinski definition) is 2. The van der Waals surface area contributed by atoms with Crippen molar-refractivity contribution in [3.8, 4) is 0 Å². The zero-order valence-corrected chi connectivity index (χ0v) is 19.1. The lowest BCUT2D eigenvalue weighted by Crippen LogP contribution is -2.22. The Labute approximate surface area is 195 Å². The molecule has 34 heavy (non-hydrogen) atoms. The number of hydrogen-bond acceptors (Lipinski definition) is 9. The van der Waals surface area contributed by atoms with Crippen molar-refractivity contribution in [2.24, 2.45) is 0 Å². The van der Waals surface area contributed by atoms with E-state index in [0.717, 1.165) is 11.3 Å². The molecule has 174 valence electrons. The second kappa shape index (κ2) is 8.94. The fourth-order valence-corrected chi connectivity index (χ4v) is 4.88. The van der Waals surface area contributed by atoms with Gasteiger partial charge in [-0.25, -0.2) is 13.4 Å². The summed E-state index contributed by atoms with van der Waals surface area (Å²) in [6.45, 7) is 3.25. The molecule has 1 aromatic heterocycles. The third-order valence-corrected chi connectivity index (χ3v) is 7.22. The van der Waals surface area contributed by atoms with Crippen LogP contribution in [0.25, 0.3) is 10.9 Å². The van der Waals surface area contributed by atoms with Crippen LogP contribution >= 0.6 is 0 Å². The molecule has 0 atom stereocenters. The molecule has 0 saturated carbocycles. The summed E-state index contributed by atoms with van der Waals surface area (Å²) in [5, 5.41) is 11.5. The average molecular weight is 479 g/mol. The van der Waals surface area contributed by atoms with E-state index in [1.54, 1.807) is 12.1 Å². The number of fused-ring (bicyclic) bond motifs is 1. The van der Waals surface area contributed by atoms with Gasteiger partial charge in [0.05, 0.1) is 20.2 Å². The number of nitrogens with zero attached hydrogens (tertiary/aromatic N) is 4. The van der Waals surface area contributed by atoms with E-state index in [-0.39, 0.29) is 21.4 Å². The van der Waals surface area contributed by atoms with Crippen LogP contribution in [-0.2, 0) is 16.4 Å². The van der Waals surface area contributed by atoms with Crippen LogP contribution in [-0.4, -0.2) is 29.9 Å². The predicted octanol–water partition coefficient (Wildman–Crippen LogP) is 3.56. The van der Waals surface area contributed by atoms with Gasteiger partial charge in [0.2, 0.25) is 15.8 Å². The monoisotopic (exact) mass is 478 g/mol. The topological polar surface area (TPSA) is 158 Å². The lowest BCUT2D eigenvalue weighted by atomic mass is 10.1. The number of rotatable bonds is 7. The van der Waals surface area contributed by atoms with Crippen molar-refractivity contribution in [2.45, 2.75) is 23.3 Å². The Morgan fingerprint density at radius 2 is 1.56 bits per heavy atom. The number of anilines is 3. The third kappa shape index (κ3) is 4.46. The van der Waals surface area contributed by atoms with Crippen molar-refractivity contribution in [2.75, 3.05) is 22.9 Å². The molecule has 0 saturated heterocycles. The first-order chi connectivity index (χ1) is 16.2. The molecule has 10 nitrogen and oxygen atoms in total. The van der Waals surface area contributed by atoms with Crippen LogP contribution in [0.15, 0.2) is 76.5 Å². The Kier molecular flexibility index (Phi) is 6.03. The van der Waals surface area contributed by atoms with Gasteiger partial charge in [-0.05, 0) is 55.0 Å². The highest BCUT2D eigenvalue weighted by molar-refractivity contribution is 7.91. The number of non-ortho nitro benzene ring substituents is 1. The van der Waals surface area contributed by atoms with E-state index in [2.05, 4.69) is 14.9 Å². The van der Waals surface area contributed by atoms with Gasteiger partial charge in [0.25, 0.3) is 5.69 Å². The molecule has 0 aliphatic heterocycles. The Bertz CT molecular complexity index is 1470. The quantitative estimate of drug-likeness (QED) is 0.299. The molecule has 4 rings (SSSR count). The van der Waals surface area contributed by atoms with Gasteiger partial charge >= 0.3 is 0 Å². The van der Waals surface area contributed by atoms with Crippen molar-refractivity contribution >= 4 is 43.9 Å². The van der Waals surface area contributed by atoms with Crippen molar-refractivity contribution in [1.29, 1.82) is 0 Å². The zero-order chi connectivity index (χ0) is 24.5. The molecular formula is C23H22N6O4S. The summed E-state index contributed by atoms with van der Waals surface area (Å²) in [5.74, 6) is 0.426. The van der Waals surface area contributed by atoms with E-state index in [1.807, 2.05) is 25.1 Å². The molecule has 0 amide bonds. The molecule has 0 fully saturated rings. The van der Waals surface area contributed by atoms with Crippen LogP contribution in [0.5, 0.6) is 0 Å². The maximum Gasteiger partial charge on any atom is 0.269 e. The summed E-state index contributed by atoms with van der Waals surface area (Å²) in [6.07, 6.45) is 0. The molecule has 1 heterocycles. The van der Waals surface area contributed by atoms with Gasteiger partial charge in [-0.15, -0.1) is 0 Å². The van der Waals surface area contributed by atoms with E-state index in [1.165, 1.54) is 36.4 Å². The van der Waals surface area contributed by atoms with Crippen molar-refractivity contribution in [3.63, 3.8) is 0 Å². The molecule has 0 spiro atoms. The second-order valence-electron chi connectivity index (χ2n) is 7.58. The number of aromatic nitrogens is 2. The largest absolute Gasteiger partial charge is 0.383 e. The summed E-state index contributed by atoms with van der Waals surface area (Å²) in [6, 6.07) is 17.1. The van der Waals surface area contributed by atoms with Gasteiger partial charge in [-0.2, -0.15) is 4.98 Å². The number of sulfone groups is 1. The van der Waals surface area contributed by atoms with Crippen LogP contribution in [0.1, 0.15) is 12.5 Å². The highest BCUT2D eigenvalue weighted by Gasteiger charge is 2.19. The minimum Gasteiger partial charge on any atom is -0.383 e. The normalized spacial score (nSPS) is 11.4. The molecular weight excluding hydrogens is 456 g/mol. The van der Waals surface area contributed by atoms with Crippen molar-refractivity contribution in [3.05, 3.63) is 82.4 Å². The van der Waals surface area contributed by atoms with Crippen LogP contribution in [0.3, 0.4) is 0 Å². The first kappa shape index (κ1) is 22.9. The Morgan fingerprint density at radius 3 is 2.15 bits per heavy atom. The van der Waals surface area contributed by atoms with Gasteiger partial charge < -0.3 is 16.4 Å². The van der Waals surface area contributed by atoms with E-state index in [0.29, 0.717) is 29.8 Å². The SMILES string of the molecule is CCN(Cc1ccc(S(=O)(=O)c2ccc([N+](=O)[O-])cc2)cc1)c1ccc2nc(N)nc(N)c2c1. The minimum atomic E-state index is -3.79. The smallest absolute Gasteiger partial charge is 0.269 e. The zero-order valence-electron chi connectivity index (χ0n) is 18.2. The number of nitro benzene ring substituents is 1. The van der Waals surface area contributed by atoms with Crippen LogP contribution in [0.2, 0.25) is 0 Å². The molecule has 0 aliphatic rings. The standard InChI is InChI=1S/C23H22N6O4S/c1-2-28(17-7-12-21-20(13-17)22(24)27-23(25)26-21)14-15-3-8-18(9-4-15)34(32,33)19-10-5-16(6-11-19)29(30)31/h3-13H,2,14H2,1H3,(H4,24,25,26,27). The van der Waals surface area contributed by atoms with Gasteiger partial charge in [0.1, 0.15) is 5.82 Å². The maximum absolute atomic E-state index is 12.9. The van der Waals surface area contributed by atoms with E-state index >= 15 is 0 Å². The van der Waals surface area contributed by atoms with Crippen molar-refractivity contribution < 1.29 is 13.3 Å². The van der Waals surface area contributed by atoms with Crippen molar-refractivity contribution in [1.82, 2.24) is 9.97 Å². The highest BCUT2D eigenvalue weighted by Crippen LogP contribution is 2.27. The molecule has 0 aliphatic carbocycles. The molecule has 11 heteroatoms. The first-order valence-corrected chi connectivity index (χ1v) is 11.8. The van der Waals surface area contributed by atoms with Crippen LogP contribution in [0.4, 0.5) is 23.1 Å². The molecule has 0 radical (unpaired) electrons. The Morgan fingerprint density at radius 1 is 0.941 bits per heavy atom. The fourth-order valence-electron chi connectivity index (χ4n) is 3.62. The van der Waals surface area contributed by atoms with Crippen LogP contribution < -0.4 is 16.4 Å². The maximum atomic E-state index is 12.9. The summed E-state index contributed by atoms with van der Waals surface area (Å²) in [4.78, 5) is 20.7. The van der Waals surface area contributed by atoms with Gasteiger partial charge in [-0.3, -0.25) is 10.1 Å². The van der Waals surface area contributed by atoms with Gasteiger partial charge in [0, 0.05) is 36.3 Å². The average Bonchev–Trinajstić information content (AvgIpc) is 2.82. The molecule has 4 aromatic rings. The lowest BCUT2D eigenvalue weighted by Gasteiger charge is -2.24. The molecule has 3 aromatic carbocycles. The van der Waals surface area contributed by atoms with Gasteiger partial charge in [-0.1, -0.05) is 12.1 Å². The second-order valence-corrected chi connectivity index (χ2v) is 9.53. The fraction of sp³-hybridized carbons (Fsp3) is 0.130. The molecule has 4 N–H and O–H groups in total. The molecule has 0 bridgehead atoms. The first-order valence-electron chi connectivity index (χ1n) is 10.3. The Balaban J connectivity index is 1.56. The van der Waals surface area contributed by atoms with Crippen LogP contribution in [0, 0.1) is 10.1 Å². The number of nitro groups is 1. The number of nitrogens with two attached hydrogens (primary N) is 2. The number of nitrogen functional groups attached to an aromatic ring is 2. The Hall–Kier alpha value is -4.25. The van der Waals surface area contributed by atoms with E-state index in [9.17, 15) is 18.5 Å². The highest BCUT2D eigenvalue weighted by atomic mass is 32.2. The molecule has 0 unspecified atom stereocenters. The summed E-state index contributed by atoms with van der Waals surface area (Å²) in [5.41, 5.74) is 14.0. The lowest BCUT2D eigenvalue weighted by molar-refractivity contribution is -0.384. The summed E-state index contributed by atoms with van der Waals surface area (Å²) < 4.78 is 25.8. The minimum absolute atomic E-state index is 0.00218. The number of benzene rings is 3. The third-order valence-electron chi connectivity index (χ3n) is 5.44.